The molecule has 0 bridgehead atoms. The third-order valence-corrected chi connectivity index (χ3v) is 3.70. The summed E-state index contributed by atoms with van der Waals surface area (Å²) in [6.45, 7) is 1.10. The number of carbonyl (C=O) groups is 2. The number of primary amides is 1. The molecule has 1 aliphatic rings. The summed E-state index contributed by atoms with van der Waals surface area (Å²) < 4.78 is 1.97. The van der Waals surface area contributed by atoms with Crippen LogP contribution < -0.4 is 10.6 Å². The minimum Gasteiger partial charge on any atom is -0.369 e. The van der Waals surface area contributed by atoms with Gasteiger partial charge in [0, 0.05) is 37.6 Å². The van der Waals surface area contributed by atoms with Gasteiger partial charge in [-0.05, 0) is 17.7 Å². The Bertz CT molecular complexity index is 649. The van der Waals surface area contributed by atoms with Gasteiger partial charge in [-0.25, -0.2) is 4.98 Å². The third kappa shape index (κ3) is 2.79. The summed E-state index contributed by atoms with van der Waals surface area (Å²) in [6, 6.07) is 7.74. The smallest absolute Gasteiger partial charge is 0.227 e. The van der Waals surface area contributed by atoms with Crippen LogP contribution in [0.4, 0.5) is 5.69 Å². The van der Waals surface area contributed by atoms with Crippen molar-refractivity contribution in [1.82, 2.24) is 9.55 Å². The Labute approximate surface area is 122 Å². The van der Waals surface area contributed by atoms with Crippen molar-refractivity contribution in [2.24, 2.45) is 11.7 Å². The topological polar surface area (TPSA) is 81.2 Å². The Hall–Kier alpha value is -2.63. The number of carbonyl (C=O) groups excluding carboxylic acids is 2. The van der Waals surface area contributed by atoms with Crippen LogP contribution in [0.2, 0.25) is 0 Å². The molecule has 108 valence electrons. The average Bonchev–Trinajstić information content (AvgIpc) is 3.09. The number of hydrogen-bond acceptors (Lipinski definition) is 3. The summed E-state index contributed by atoms with van der Waals surface area (Å²) >= 11 is 0. The molecule has 2 amide bonds. The molecule has 3 rings (SSSR count). The van der Waals surface area contributed by atoms with Crippen molar-refractivity contribution in [1.29, 1.82) is 0 Å². The summed E-state index contributed by atoms with van der Waals surface area (Å²) in [4.78, 5) is 28.7. The van der Waals surface area contributed by atoms with Crippen molar-refractivity contribution in [3.63, 3.8) is 0 Å². The van der Waals surface area contributed by atoms with Gasteiger partial charge in [-0.1, -0.05) is 12.1 Å². The summed E-state index contributed by atoms with van der Waals surface area (Å²) in [5, 5.41) is 0. The van der Waals surface area contributed by atoms with Crippen LogP contribution in [0, 0.1) is 5.92 Å². The van der Waals surface area contributed by atoms with Crippen LogP contribution in [-0.2, 0) is 16.1 Å². The lowest BCUT2D eigenvalue weighted by Crippen LogP contribution is -2.28. The predicted octanol–water partition coefficient (Wildman–Crippen LogP) is 0.770. The van der Waals surface area contributed by atoms with Crippen LogP contribution in [0.15, 0.2) is 43.0 Å². The number of nitrogens with two attached hydrogens (primary N) is 1. The Balaban J connectivity index is 1.72. The first-order chi connectivity index (χ1) is 10.1. The molecule has 1 aromatic carbocycles. The van der Waals surface area contributed by atoms with E-state index in [1.807, 2.05) is 35.0 Å². The van der Waals surface area contributed by atoms with Crippen LogP contribution >= 0.6 is 0 Å². The van der Waals surface area contributed by atoms with E-state index in [1.54, 1.807) is 17.4 Å². The zero-order valence-corrected chi connectivity index (χ0v) is 11.5. The molecule has 1 fully saturated rings. The highest BCUT2D eigenvalue weighted by atomic mass is 16.2. The predicted molar refractivity (Wildman–Crippen MR) is 77.4 cm³/mol. The van der Waals surface area contributed by atoms with Gasteiger partial charge in [0.15, 0.2) is 0 Å². The van der Waals surface area contributed by atoms with Crippen molar-refractivity contribution in [2.45, 2.75) is 13.0 Å². The van der Waals surface area contributed by atoms with Crippen LogP contribution in [0.25, 0.3) is 0 Å². The molecule has 2 aromatic rings. The van der Waals surface area contributed by atoms with Gasteiger partial charge in [-0.2, -0.15) is 0 Å². The fraction of sp³-hybridized carbons (Fsp3) is 0.267. The van der Waals surface area contributed by atoms with Crippen molar-refractivity contribution < 1.29 is 9.59 Å². The second-order valence-corrected chi connectivity index (χ2v) is 5.21. The van der Waals surface area contributed by atoms with Crippen LogP contribution in [0.3, 0.4) is 0 Å². The van der Waals surface area contributed by atoms with Gasteiger partial charge >= 0.3 is 0 Å². The molecular formula is C15H16N4O2. The van der Waals surface area contributed by atoms with Crippen LogP contribution in [0.5, 0.6) is 0 Å². The third-order valence-electron chi connectivity index (χ3n) is 3.70. The highest BCUT2D eigenvalue weighted by Crippen LogP contribution is 2.25. The number of anilines is 1. The van der Waals surface area contributed by atoms with E-state index in [4.69, 9.17) is 5.73 Å². The molecule has 0 aliphatic carbocycles. The molecule has 1 unspecified atom stereocenters. The van der Waals surface area contributed by atoms with Gasteiger partial charge in [0.1, 0.15) is 0 Å². The molecule has 0 saturated carbocycles. The first kappa shape index (κ1) is 13.4. The van der Waals surface area contributed by atoms with Crippen LogP contribution in [-0.4, -0.2) is 27.9 Å². The number of aromatic nitrogens is 2. The van der Waals surface area contributed by atoms with Crippen molar-refractivity contribution in [2.75, 3.05) is 11.4 Å². The number of amides is 2. The zero-order valence-electron chi connectivity index (χ0n) is 11.5. The number of hydrogen-bond donors (Lipinski definition) is 1. The molecule has 1 atom stereocenters. The van der Waals surface area contributed by atoms with Gasteiger partial charge in [0.2, 0.25) is 11.8 Å². The molecule has 1 saturated heterocycles. The van der Waals surface area contributed by atoms with Gasteiger partial charge in [-0.3, -0.25) is 9.59 Å². The van der Waals surface area contributed by atoms with Gasteiger partial charge in [0.05, 0.1) is 12.2 Å². The van der Waals surface area contributed by atoms with Crippen molar-refractivity contribution >= 4 is 17.5 Å². The van der Waals surface area contributed by atoms with Crippen molar-refractivity contribution in [3.8, 4) is 0 Å². The zero-order chi connectivity index (χ0) is 14.8. The van der Waals surface area contributed by atoms with E-state index in [0.717, 1.165) is 17.8 Å². The normalized spacial score (nSPS) is 18.2. The van der Waals surface area contributed by atoms with E-state index in [1.165, 1.54) is 0 Å². The van der Waals surface area contributed by atoms with Gasteiger partial charge in [-0.15, -0.1) is 0 Å². The Morgan fingerprint density at radius 3 is 2.67 bits per heavy atom. The Kier molecular flexibility index (Phi) is 3.43. The Morgan fingerprint density at radius 1 is 1.33 bits per heavy atom. The summed E-state index contributed by atoms with van der Waals surface area (Å²) in [5.74, 6) is -0.855. The number of rotatable bonds is 4. The van der Waals surface area contributed by atoms with Gasteiger partial charge < -0.3 is 15.2 Å². The highest BCUT2D eigenvalue weighted by molar-refractivity contribution is 6.00. The first-order valence-electron chi connectivity index (χ1n) is 6.78. The first-order valence-corrected chi connectivity index (χ1v) is 6.78. The van der Waals surface area contributed by atoms with E-state index in [2.05, 4.69) is 4.98 Å². The molecule has 1 aromatic heterocycles. The van der Waals surface area contributed by atoms with E-state index in [-0.39, 0.29) is 18.2 Å². The number of benzene rings is 1. The lowest BCUT2D eigenvalue weighted by molar-refractivity contribution is -0.123. The lowest BCUT2D eigenvalue weighted by Gasteiger charge is -2.16. The minimum absolute atomic E-state index is 0.0545. The SMILES string of the molecule is NC(=O)C1CC(=O)N(c2ccc(Cn3ccnc3)cc2)C1. The second-order valence-electron chi connectivity index (χ2n) is 5.21. The highest BCUT2D eigenvalue weighted by Gasteiger charge is 2.33. The molecule has 21 heavy (non-hydrogen) atoms. The maximum Gasteiger partial charge on any atom is 0.227 e. The van der Waals surface area contributed by atoms with E-state index in [0.29, 0.717) is 6.54 Å². The van der Waals surface area contributed by atoms with Gasteiger partial charge in [0.25, 0.3) is 0 Å². The molecule has 0 radical (unpaired) electrons. The number of nitrogens with zero attached hydrogens (tertiary/aromatic N) is 3. The maximum atomic E-state index is 11.9. The summed E-state index contributed by atoms with van der Waals surface area (Å²) in [7, 11) is 0. The maximum absolute atomic E-state index is 11.9. The molecule has 2 heterocycles. The summed E-state index contributed by atoms with van der Waals surface area (Å²) in [5.41, 5.74) is 7.20. The van der Waals surface area contributed by atoms with E-state index >= 15 is 0 Å². The second kappa shape index (κ2) is 5.40. The summed E-state index contributed by atoms with van der Waals surface area (Å²) in [6.07, 6.45) is 5.60. The van der Waals surface area contributed by atoms with Crippen molar-refractivity contribution in [3.05, 3.63) is 48.5 Å². The standard InChI is InChI=1S/C15H16N4O2/c16-15(21)12-7-14(20)19(9-12)13-3-1-11(2-4-13)8-18-6-5-17-10-18/h1-6,10,12H,7-9H2,(H2,16,21). The quantitative estimate of drug-likeness (QED) is 0.900. The molecular weight excluding hydrogens is 268 g/mol. The van der Waals surface area contributed by atoms with E-state index < -0.39 is 5.91 Å². The molecule has 1 aliphatic heterocycles. The Morgan fingerprint density at radius 2 is 2.10 bits per heavy atom. The monoisotopic (exact) mass is 284 g/mol. The van der Waals surface area contributed by atoms with E-state index in [9.17, 15) is 9.59 Å². The van der Waals surface area contributed by atoms with Crippen LogP contribution in [0.1, 0.15) is 12.0 Å². The average molecular weight is 284 g/mol. The minimum atomic E-state index is -0.414. The molecule has 0 spiro atoms. The fourth-order valence-corrected chi connectivity index (χ4v) is 2.52. The number of imidazole rings is 1. The molecule has 6 nitrogen and oxygen atoms in total. The fourth-order valence-electron chi connectivity index (χ4n) is 2.52. The lowest BCUT2D eigenvalue weighted by atomic mass is 10.1. The largest absolute Gasteiger partial charge is 0.369 e. The molecule has 6 heteroatoms. The molecule has 2 N–H and O–H groups in total.